The summed E-state index contributed by atoms with van der Waals surface area (Å²) in [6.45, 7) is 6.03. The van der Waals surface area contributed by atoms with Crippen molar-refractivity contribution in [1.82, 2.24) is 4.90 Å². The molecule has 1 aliphatic heterocycles. The van der Waals surface area contributed by atoms with Crippen LogP contribution in [-0.2, 0) is 5.41 Å². The van der Waals surface area contributed by atoms with Crippen LogP contribution in [0.3, 0.4) is 0 Å². The van der Waals surface area contributed by atoms with E-state index >= 15 is 0 Å². The van der Waals surface area contributed by atoms with Crippen molar-refractivity contribution < 1.29 is 14.6 Å². The molecular formula is C22H29NO3. The molecule has 26 heavy (non-hydrogen) atoms. The van der Waals surface area contributed by atoms with Crippen LogP contribution in [0.4, 0.5) is 0 Å². The molecule has 140 valence electrons. The zero-order valence-corrected chi connectivity index (χ0v) is 15.6. The van der Waals surface area contributed by atoms with Crippen LogP contribution in [0.15, 0.2) is 43.0 Å². The summed E-state index contributed by atoms with van der Waals surface area (Å²) in [5, 5.41) is 10.1. The summed E-state index contributed by atoms with van der Waals surface area (Å²) in [6, 6.07) is 6.68. The van der Waals surface area contributed by atoms with Gasteiger partial charge in [-0.2, -0.15) is 0 Å². The van der Waals surface area contributed by atoms with E-state index < -0.39 is 0 Å². The molecule has 0 bridgehead atoms. The summed E-state index contributed by atoms with van der Waals surface area (Å²) >= 11 is 0. The van der Waals surface area contributed by atoms with Crippen molar-refractivity contribution in [2.75, 3.05) is 26.8 Å². The lowest BCUT2D eigenvalue weighted by Gasteiger charge is -2.39. The Kier molecular flexibility index (Phi) is 4.80. The first kappa shape index (κ1) is 17.6. The highest BCUT2D eigenvalue weighted by molar-refractivity contribution is 5.49. The van der Waals surface area contributed by atoms with Gasteiger partial charge < -0.3 is 19.5 Å². The Balaban J connectivity index is 1.66. The molecule has 4 heteroatoms. The van der Waals surface area contributed by atoms with Crippen molar-refractivity contribution in [3.05, 3.63) is 48.6 Å². The minimum absolute atomic E-state index is 0.0602. The molecule has 3 aliphatic rings. The van der Waals surface area contributed by atoms with Crippen LogP contribution in [0.5, 0.6) is 11.5 Å². The van der Waals surface area contributed by atoms with Crippen molar-refractivity contribution in [1.29, 1.82) is 0 Å². The van der Waals surface area contributed by atoms with E-state index in [0.717, 1.165) is 37.5 Å². The lowest BCUT2D eigenvalue weighted by atomic mass is 9.69. The molecule has 0 radical (unpaired) electrons. The van der Waals surface area contributed by atoms with E-state index in [0.29, 0.717) is 18.6 Å². The van der Waals surface area contributed by atoms with Gasteiger partial charge >= 0.3 is 0 Å². The average molecular weight is 355 g/mol. The van der Waals surface area contributed by atoms with Crippen LogP contribution >= 0.6 is 0 Å². The molecular weight excluding hydrogens is 326 g/mol. The molecule has 4 rings (SSSR count). The summed E-state index contributed by atoms with van der Waals surface area (Å²) in [5.74, 6) is 2.32. The molecule has 4 nitrogen and oxygen atoms in total. The summed E-state index contributed by atoms with van der Waals surface area (Å²) in [7, 11) is 2.15. The van der Waals surface area contributed by atoms with Gasteiger partial charge in [0, 0.05) is 11.5 Å². The summed E-state index contributed by atoms with van der Waals surface area (Å²) in [4.78, 5) is 2.37. The van der Waals surface area contributed by atoms with Crippen molar-refractivity contribution >= 4 is 0 Å². The first-order chi connectivity index (χ1) is 12.6. The number of hydrogen-bond acceptors (Lipinski definition) is 4. The lowest BCUT2D eigenvalue weighted by molar-refractivity contribution is 0.137. The Morgan fingerprint density at radius 3 is 2.92 bits per heavy atom. The average Bonchev–Trinajstić information content (AvgIpc) is 3.43. The second kappa shape index (κ2) is 7.09. The van der Waals surface area contributed by atoms with Gasteiger partial charge in [-0.3, -0.25) is 0 Å². The van der Waals surface area contributed by atoms with Crippen LogP contribution in [0.25, 0.3) is 0 Å². The molecule has 2 aliphatic carbocycles. The SMILES string of the molecule is C=CCOc1cc([C@@]23C=C[C@@H](O)C[C@@H]2N(C)CC3)ccc1OCC1CC1. The largest absolute Gasteiger partial charge is 0.489 e. The second-order valence-electron chi connectivity index (χ2n) is 7.96. The van der Waals surface area contributed by atoms with E-state index in [1.807, 2.05) is 6.08 Å². The van der Waals surface area contributed by atoms with Crippen LogP contribution in [-0.4, -0.2) is 49.0 Å². The molecule has 0 spiro atoms. The van der Waals surface area contributed by atoms with Crippen LogP contribution < -0.4 is 9.47 Å². The molecule has 1 heterocycles. The summed E-state index contributed by atoms with van der Waals surface area (Å²) in [5.41, 5.74) is 1.18. The third kappa shape index (κ3) is 3.28. The zero-order valence-electron chi connectivity index (χ0n) is 15.6. The maximum absolute atomic E-state index is 10.1. The normalized spacial score (nSPS) is 30.8. The molecule has 0 unspecified atom stereocenters. The second-order valence-corrected chi connectivity index (χ2v) is 7.96. The van der Waals surface area contributed by atoms with Crippen molar-refractivity contribution in [3.63, 3.8) is 0 Å². The number of aliphatic hydroxyl groups excluding tert-OH is 1. The molecule has 1 saturated heterocycles. The van der Waals surface area contributed by atoms with Crippen LogP contribution in [0.1, 0.15) is 31.2 Å². The molecule has 1 saturated carbocycles. The fourth-order valence-electron chi connectivity index (χ4n) is 4.36. The molecule has 1 aromatic carbocycles. The molecule has 2 fully saturated rings. The highest BCUT2D eigenvalue weighted by atomic mass is 16.5. The van der Waals surface area contributed by atoms with Gasteiger partial charge in [-0.1, -0.05) is 30.9 Å². The number of nitrogens with zero attached hydrogens (tertiary/aromatic N) is 1. The Morgan fingerprint density at radius 2 is 2.15 bits per heavy atom. The van der Waals surface area contributed by atoms with Crippen molar-refractivity contribution in [2.24, 2.45) is 5.92 Å². The van der Waals surface area contributed by atoms with Gasteiger partial charge in [0.1, 0.15) is 6.61 Å². The number of likely N-dealkylation sites (tertiary alicyclic amines) is 1. The smallest absolute Gasteiger partial charge is 0.161 e. The third-order valence-corrected chi connectivity index (χ3v) is 6.09. The predicted molar refractivity (Wildman–Crippen MR) is 103 cm³/mol. The van der Waals surface area contributed by atoms with Gasteiger partial charge in [-0.25, -0.2) is 0 Å². The molecule has 1 N–H and O–H groups in total. The van der Waals surface area contributed by atoms with Gasteiger partial charge in [-0.15, -0.1) is 0 Å². The summed E-state index contributed by atoms with van der Waals surface area (Å²) in [6.07, 6.45) is 9.95. The fourth-order valence-corrected chi connectivity index (χ4v) is 4.36. The maximum atomic E-state index is 10.1. The predicted octanol–water partition coefficient (Wildman–Crippen LogP) is 3.30. The van der Waals surface area contributed by atoms with Gasteiger partial charge in [0.25, 0.3) is 0 Å². The number of likely N-dealkylation sites (N-methyl/N-ethyl adjacent to an activating group) is 1. The van der Waals surface area contributed by atoms with Gasteiger partial charge in [0.05, 0.1) is 12.7 Å². The van der Waals surface area contributed by atoms with Crippen LogP contribution in [0, 0.1) is 5.92 Å². The topological polar surface area (TPSA) is 41.9 Å². The van der Waals surface area contributed by atoms with E-state index in [-0.39, 0.29) is 11.5 Å². The number of aliphatic hydroxyl groups is 1. The number of ether oxygens (including phenoxy) is 2. The molecule has 0 aromatic heterocycles. The fraction of sp³-hybridized carbons (Fsp3) is 0.545. The summed E-state index contributed by atoms with van der Waals surface area (Å²) < 4.78 is 12.0. The Hall–Kier alpha value is -1.78. The van der Waals surface area contributed by atoms with E-state index in [4.69, 9.17) is 9.47 Å². The number of fused-ring (bicyclic) bond motifs is 1. The monoisotopic (exact) mass is 355 g/mol. The molecule has 1 aromatic rings. The maximum Gasteiger partial charge on any atom is 0.161 e. The van der Waals surface area contributed by atoms with Crippen molar-refractivity contribution in [3.8, 4) is 11.5 Å². The number of hydrogen-bond donors (Lipinski definition) is 1. The first-order valence-electron chi connectivity index (χ1n) is 9.71. The molecule has 3 atom stereocenters. The highest BCUT2D eigenvalue weighted by Gasteiger charge is 2.48. The minimum atomic E-state index is -0.355. The Bertz CT molecular complexity index is 697. The standard InChI is InChI=1S/C22H29NO3/c1-3-12-25-20-13-17(6-7-19(20)26-15-16-4-5-16)22-9-8-18(24)14-21(22)23(2)11-10-22/h3,6-9,13,16,18,21,24H,1,4-5,10-12,14-15H2,2H3/t18-,21+,22+/m1/s1. The van der Waals surface area contributed by atoms with E-state index in [9.17, 15) is 5.11 Å². The number of benzene rings is 1. The van der Waals surface area contributed by atoms with Gasteiger partial charge in [-0.05, 0) is 62.9 Å². The van der Waals surface area contributed by atoms with E-state index in [1.54, 1.807) is 6.08 Å². The minimum Gasteiger partial charge on any atom is -0.489 e. The van der Waals surface area contributed by atoms with Crippen LogP contribution in [0.2, 0.25) is 0 Å². The number of rotatable bonds is 7. The zero-order chi connectivity index (χ0) is 18.1. The third-order valence-electron chi connectivity index (χ3n) is 6.09. The first-order valence-corrected chi connectivity index (χ1v) is 9.71. The highest BCUT2D eigenvalue weighted by Crippen LogP contribution is 2.47. The van der Waals surface area contributed by atoms with E-state index in [2.05, 4.69) is 42.8 Å². The Labute approximate surface area is 156 Å². The Morgan fingerprint density at radius 1 is 1.31 bits per heavy atom. The lowest BCUT2D eigenvalue weighted by Crippen LogP contribution is -2.44. The van der Waals surface area contributed by atoms with Gasteiger partial charge in [0.15, 0.2) is 11.5 Å². The van der Waals surface area contributed by atoms with E-state index in [1.165, 1.54) is 18.4 Å². The van der Waals surface area contributed by atoms with Gasteiger partial charge in [0.2, 0.25) is 0 Å². The molecule has 0 amide bonds. The quantitative estimate of drug-likeness (QED) is 0.762. The van der Waals surface area contributed by atoms with Crippen molar-refractivity contribution in [2.45, 2.75) is 43.2 Å².